The standard InChI is InChI=1S/C13H19N/c1-10-8-13(10)11(2)14-9-12-6-4-3-5-7-12/h3-7,10-11,13-14H,8-9H2,1-2H3/t10-,11-,13+/m1/s1. The molecule has 1 fully saturated rings. The molecule has 0 radical (unpaired) electrons. The maximum absolute atomic E-state index is 3.59. The van der Waals surface area contributed by atoms with E-state index >= 15 is 0 Å². The van der Waals surface area contributed by atoms with E-state index in [1.807, 2.05) is 0 Å². The third-order valence-corrected chi connectivity index (χ3v) is 3.28. The van der Waals surface area contributed by atoms with E-state index < -0.39 is 0 Å². The summed E-state index contributed by atoms with van der Waals surface area (Å²) in [7, 11) is 0. The summed E-state index contributed by atoms with van der Waals surface area (Å²) in [6.07, 6.45) is 1.41. The molecule has 14 heavy (non-hydrogen) atoms. The summed E-state index contributed by atoms with van der Waals surface area (Å²) < 4.78 is 0. The average molecular weight is 189 g/mol. The smallest absolute Gasteiger partial charge is 0.0208 e. The number of benzene rings is 1. The fourth-order valence-electron chi connectivity index (χ4n) is 2.07. The molecule has 2 rings (SSSR count). The fourth-order valence-corrected chi connectivity index (χ4v) is 2.07. The summed E-state index contributed by atoms with van der Waals surface area (Å²) in [5.74, 6) is 1.85. The molecule has 3 atom stereocenters. The van der Waals surface area contributed by atoms with Gasteiger partial charge in [-0.2, -0.15) is 0 Å². The van der Waals surface area contributed by atoms with Crippen LogP contribution in [0, 0.1) is 11.8 Å². The van der Waals surface area contributed by atoms with Crippen molar-refractivity contribution in [3.05, 3.63) is 35.9 Å². The summed E-state index contributed by atoms with van der Waals surface area (Å²) >= 11 is 0. The molecule has 1 nitrogen and oxygen atoms in total. The Morgan fingerprint density at radius 3 is 2.57 bits per heavy atom. The molecule has 1 aromatic rings. The predicted molar refractivity (Wildman–Crippen MR) is 60.0 cm³/mol. The maximum atomic E-state index is 3.59. The average Bonchev–Trinajstić information content (AvgIpc) is 2.94. The SMILES string of the molecule is C[C@@H]1C[C@@H]1[C@@H](C)NCc1ccccc1. The Morgan fingerprint density at radius 1 is 1.36 bits per heavy atom. The van der Waals surface area contributed by atoms with Crippen molar-refractivity contribution in [1.82, 2.24) is 5.32 Å². The molecule has 0 bridgehead atoms. The van der Waals surface area contributed by atoms with Gasteiger partial charge in [0.05, 0.1) is 0 Å². The van der Waals surface area contributed by atoms with Gasteiger partial charge in [0.15, 0.2) is 0 Å². The molecule has 0 amide bonds. The second-order valence-corrected chi connectivity index (χ2v) is 4.53. The van der Waals surface area contributed by atoms with Crippen LogP contribution in [-0.2, 0) is 6.54 Å². The van der Waals surface area contributed by atoms with Crippen LogP contribution in [0.15, 0.2) is 30.3 Å². The normalized spacial score (nSPS) is 27.3. The molecule has 1 aliphatic rings. The molecule has 0 spiro atoms. The minimum absolute atomic E-state index is 0.671. The van der Waals surface area contributed by atoms with Crippen LogP contribution in [0.4, 0.5) is 0 Å². The molecule has 1 heteroatoms. The van der Waals surface area contributed by atoms with Crippen LogP contribution in [0.5, 0.6) is 0 Å². The van der Waals surface area contributed by atoms with E-state index in [0.717, 1.165) is 18.4 Å². The van der Waals surface area contributed by atoms with Gasteiger partial charge in [0.1, 0.15) is 0 Å². The first kappa shape index (κ1) is 9.72. The van der Waals surface area contributed by atoms with Gasteiger partial charge < -0.3 is 5.32 Å². The lowest BCUT2D eigenvalue weighted by molar-refractivity contribution is 0.477. The van der Waals surface area contributed by atoms with E-state index in [1.54, 1.807) is 0 Å². The molecule has 0 saturated heterocycles. The Bertz CT molecular complexity index is 281. The third-order valence-electron chi connectivity index (χ3n) is 3.28. The second kappa shape index (κ2) is 4.14. The number of rotatable bonds is 4. The molecule has 1 N–H and O–H groups in total. The highest BCUT2D eigenvalue weighted by Gasteiger charge is 2.36. The Hall–Kier alpha value is -0.820. The van der Waals surface area contributed by atoms with E-state index in [-0.39, 0.29) is 0 Å². The first-order chi connectivity index (χ1) is 6.77. The van der Waals surface area contributed by atoms with Gasteiger partial charge in [-0.05, 0) is 30.7 Å². The summed E-state index contributed by atoms with van der Waals surface area (Å²) in [5, 5.41) is 3.59. The van der Waals surface area contributed by atoms with E-state index in [4.69, 9.17) is 0 Å². The molecule has 1 saturated carbocycles. The second-order valence-electron chi connectivity index (χ2n) is 4.53. The van der Waals surface area contributed by atoms with Crippen LogP contribution in [-0.4, -0.2) is 6.04 Å². The van der Waals surface area contributed by atoms with E-state index in [2.05, 4.69) is 49.5 Å². The first-order valence-corrected chi connectivity index (χ1v) is 5.54. The van der Waals surface area contributed by atoms with Crippen LogP contribution in [0.2, 0.25) is 0 Å². The van der Waals surface area contributed by atoms with Crippen LogP contribution in [0.25, 0.3) is 0 Å². The lowest BCUT2D eigenvalue weighted by atomic mass is 10.1. The summed E-state index contributed by atoms with van der Waals surface area (Å²) in [6, 6.07) is 11.3. The topological polar surface area (TPSA) is 12.0 Å². The largest absolute Gasteiger partial charge is 0.310 e. The number of hydrogen-bond acceptors (Lipinski definition) is 1. The molecule has 1 aromatic carbocycles. The van der Waals surface area contributed by atoms with Gasteiger partial charge in [-0.1, -0.05) is 37.3 Å². The van der Waals surface area contributed by atoms with Gasteiger partial charge in [-0.15, -0.1) is 0 Å². The molecule has 1 aliphatic carbocycles. The molecule has 76 valence electrons. The van der Waals surface area contributed by atoms with Crippen LogP contribution >= 0.6 is 0 Å². The van der Waals surface area contributed by atoms with Gasteiger partial charge in [-0.3, -0.25) is 0 Å². The van der Waals surface area contributed by atoms with Crippen molar-refractivity contribution in [2.45, 2.75) is 32.9 Å². The van der Waals surface area contributed by atoms with Gasteiger partial charge in [0.2, 0.25) is 0 Å². The monoisotopic (exact) mass is 189 g/mol. The van der Waals surface area contributed by atoms with Crippen molar-refractivity contribution in [3.63, 3.8) is 0 Å². The van der Waals surface area contributed by atoms with Gasteiger partial charge in [-0.25, -0.2) is 0 Å². The third kappa shape index (κ3) is 2.36. The maximum Gasteiger partial charge on any atom is 0.0208 e. The predicted octanol–water partition coefficient (Wildman–Crippen LogP) is 2.82. The molecule has 0 aromatic heterocycles. The van der Waals surface area contributed by atoms with E-state index in [1.165, 1.54) is 12.0 Å². The quantitative estimate of drug-likeness (QED) is 0.768. The lowest BCUT2D eigenvalue weighted by Crippen LogP contribution is -2.27. The van der Waals surface area contributed by atoms with Gasteiger partial charge >= 0.3 is 0 Å². The zero-order valence-electron chi connectivity index (χ0n) is 9.03. The van der Waals surface area contributed by atoms with Crippen LogP contribution < -0.4 is 5.32 Å². The molecule has 0 heterocycles. The van der Waals surface area contributed by atoms with Crippen molar-refractivity contribution >= 4 is 0 Å². The minimum Gasteiger partial charge on any atom is -0.310 e. The summed E-state index contributed by atoms with van der Waals surface area (Å²) in [4.78, 5) is 0. The van der Waals surface area contributed by atoms with E-state index in [9.17, 15) is 0 Å². The first-order valence-electron chi connectivity index (χ1n) is 5.54. The zero-order valence-corrected chi connectivity index (χ0v) is 9.03. The molecule has 0 aliphatic heterocycles. The number of nitrogens with one attached hydrogen (secondary N) is 1. The highest BCUT2D eigenvalue weighted by Crippen LogP contribution is 2.40. The van der Waals surface area contributed by atoms with Crippen molar-refractivity contribution in [2.24, 2.45) is 11.8 Å². The van der Waals surface area contributed by atoms with Gasteiger partial charge in [0, 0.05) is 12.6 Å². The fraction of sp³-hybridized carbons (Fsp3) is 0.538. The van der Waals surface area contributed by atoms with Crippen molar-refractivity contribution in [3.8, 4) is 0 Å². The highest BCUT2D eigenvalue weighted by molar-refractivity contribution is 5.14. The van der Waals surface area contributed by atoms with Crippen molar-refractivity contribution in [2.75, 3.05) is 0 Å². The summed E-state index contributed by atoms with van der Waals surface area (Å²) in [5.41, 5.74) is 1.38. The van der Waals surface area contributed by atoms with Gasteiger partial charge in [0.25, 0.3) is 0 Å². The highest BCUT2D eigenvalue weighted by atomic mass is 14.9. The zero-order chi connectivity index (χ0) is 9.97. The molecular weight excluding hydrogens is 170 g/mol. The molecule has 0 unspecified atom stereocenters. The Balaban J connectivity index is 1.77. The summed E-state index contributed by atoms with van der Waals surface area (Å²) in [6.45, 7) is 5.65. The lowest BCUT2D eigenvalue weighted by Gasteiger charge is -2.13. The van der Waals surface area contributed by atoms with Crippen molar-refractivity contribution < 1.29 is 0 Å². The molecular formula is C13H19N. The minimum atomic E-state index is 0.671. The Morgan fingerprint density at radius 2 is 2.00 bits per heavy atom. The number of hydrogen-bond donors (Lipinski definition) is 1. The van der Waals surface area contributed by atoms with Crippen LogP contribution in [0.3, 0.4) is 0 Å². The van der Waals surface area contributed by atoms with E-state index in [0.29, 0.717) is 6.04 Å². The Labute approximate surface area is 86.5 Å². The van der Waals surface area contributed by atoms with Crippen molar-refractivity contribution in [1.29, 1.82) is 0 Å². The van der Waals surface area contributed by atoms with Crippen LogP contribution in [0.1, 0.15) is 25.8 Å². The Kier molecular flexibility index (Phi) is 2.87.